The van der Waals surface area contributed by atoms with Crippen LogP contribution in [-0.2, 0) is 0 Å². The highest BCUT2D eigenvalue weighted by Crippen LogP contribution is 2.16. The van der Waals surface area contributed by atoms with Crippen LogP contribution in [0.1, 0.15) is 0 Å². The minimum atomic E-state index is -0.0895. The Morgan fingerprint density at radius 3 is 0.535 bits per heavy atom. The van der Waals surface area contributed by atoms with Crippen molar-refractivity contribution in [2.75, 3.05) is 0 Å². The third-order valence-electron chi connectivity index (χ3n) is 6.71. The summed E-state index contributed by atoms with van der Waals surface area (Å²) in [6.07, 6.45) is 0. The van der Waals surface area contributed by atoms with Crippen LogP contribution in [-0.4, -0.2) is 0 Å². The second-order valence-corrected chi connectivity index (χ2v) is 9.77. The van der Waals surface area contributed by atoms with Crippen LogP contribution in [0.5, 0.6) is 0 Å². The van der Waals surface area contributed by atoms with Gasteiger partial charge < -0.3 is 22.1 Å². The quantitative estimate of drug-likeness (QED) is 0.182. The summed E-state index contributed by atoms with van der Waals surface area (Å²) in [4.78, 5) is 13.1. The van der Waals surface area contributed by atoms with E-state index in [0.717, 1.165) is 0 Å². The molecule has 10 heterocycles. The molecule has 6 nitrogen and oxygen atoms in total. The molecule has 10 aromatic heterocycles. The van der Waals surface area contributed by atoms with Gasteiger partial charge in [0.1, 0.15) is 55.8 Å². The van der Waals surface area contributed by atoms with E-state index in [2.05, 4.69) is 0 Å². The lowest BCUT2D eigenvalue weighted by Crippen LogP contribution is -1.97. The minimum absolute atomic E-state index is 0.0895. The molecule has 6 aromatic carbocycles. The fourth-order valence-corrected chi connectivity index (χ4v) is 4.50. The van der Waals surface area contributed by atoms with Gasteiger partial charge in [0.05, 0.1) is 0 Å². The fourth-order valence-electron chi connectivity index (χ4n) is 4.50. The Bertz CT molecular complexity index is 2160. The van der Waals surface area contributed by atoms with Crippen LogP contribution in [0.15, 0.2) is 172 Å². The van der Waals surface area contributed by atoms with Crippen molar-refractivity contribution in [1.82, 2.24) is 0 Å². The first kappa shape index (κ1) is 25.9. The molecule has 0 saturated carbocycles. The van der Waals surface area contributed by atoms with E-state index >= 15 is 0 Å². The summed E-state index contributed by atoms with van der Waals surface area (Å²) in [5, 5.41) is 1.12. The molecule has 0 unspecified atom stereocenters. The van der Waals surface area contributed by atoms with E-state index in [-0.39, 0.29) is 5.43 Å². The molecule has 0 aliphatic carbocycles. The van der Waals surface area contributed by atoms with E-state index in [0.29, 0.717) is 66.6 Å². The highest BCUT2D eigenvalue weighted by molar-refractivity contribution is 5.69. The predicted octanol–water partition coefficient (Wildman–Crippen LogP) is 10.4. The summed E-state index contributed by atoms with van der Waals surface area (Å²) in [7, 11) is 0. The summed E-state index contributed by atoms with van der Waals surface area (Å²) in [5.74, 6) is 0. The molecule has 43 heavy (non-hydrogen) atoms. The van der Waals surface area contributed by atoms with Crippen molar-refractivity contribution in [2.45, 2.75) is 0 Å². The lowest BCUT2D eigenvalue weighted by molar-refractivity contribution is 0.639. The molecule has 0 N–H and O–H groups in total. The standard InChI is InChI=1S/C37H24O6/c38-37-25-1-5-27(6-2-25)39-29-9-13-31(14-10-29)41-33-17-21-35(22-18-33)43-36-23-19-34(20-24-36)42-32-15-11-30(12-16-32)40-28-7-3-26(37)4-8-28/h1-24H. The summed E-state index contributed by atoms with van der Waals surface area (Å²) < 4.78 is 29.9. The fraction of sp³-hybridized carbons (Fsp3) is 0. The Balaban J connectivity index is 1.38. The number of rotatable bonds is 0. The lowest BCUT2D eigenvalue weighted by atomic mass is 10.2. The molecule has 12 bridgehead atoms. The monoisotopic (exact) mass is 564 g/mol. The van der Waals surface area contributed by atoms with Gasteiger partial charge in [0, 0.05) is 10.8 Å². The zero-order valence-electron chi connectivity index (χ0n) is 22.8. The Labute approximate surface area is 244 Å². The molecule has 16 rings (SSSR count). The minimum Gasteiger partial charge on any atom is -0.457 e. The highest BCUT2D eigenvalue weighted by Gasteiger charge is 1.96. The molecule has 0 radical (unpaired) electrons. The second-order valence-electron chi connectivity index (χ2n) is 9.77. The maximum atomic E-state index is 13.1. The van der Waals surface area contributed by atoms with Gasteiger partial charge in [0.15, 0.2) is 5.43 Å². The first-order valence-electron chi connectivity index (χ1n) is 13.7. The van der Waals surface area contributed by atoms with Gasteiger partial charge in [0.25, 0.3) is 0 Å². The van der Waals surface area contributed by atoms with E-state index in [1.54, 1.807) is 48.5 Å². The first-order chi connectivity index (χ1) is 21.1. The van der Waals surface area contributed by atoms with E-state index in [1.165, 1.54) is 0 Å². The maximum absolute atomic E-state index is 13.1. The summed E-state index contributed by atoms with van der Waals surface area (Å²) >= 11 is 0. The average molecular weight is 565 g/mol. The van der Waals surface area contributed by atoms with E-state index in [1.807, 2.05) is 97.1 Å². The Morgan fingerprint density at radius 1 is 0.233 bits per heavy atom. The van der Waals surface area contributed by atoms with Gasteiger partial charge in [-0.1, -0.05) is 0 Å². The molecule has 0 spiro atoms. The van der Waals surface area contributed by atoms with Crippen molar-refractivity contribution >= 4 is 66.6 Å². The van der Waals surface area contributed by atoms with Crippen molar-refractivity contribution < 1.29 is 22.1 Å². The lowest BCUT2D eigenvalue weighted by Gasteiger charge is -1.95. The van der Waals surface area contributed by atoms with Gasteiger partial charge in [0.2, 0.25) is 0 Å². The van der Waals surface area contributed by atoms with Gasteiger partial charge in [-0.15, -0.1) is 0 Å². The van der Waals surface area contributed by atoms with Gasteiger partial charge in [-0.2, -0.15) is 0 Å². The summed E-state index contributed by atoms with van der Waals surface area (Å²) in [6.45, 7) is 0. The van der Waals surface area contributed by atoms with Crippen LogP contribution in [0.4, 0.5) is 0 Å². The third-order valence-corrected chi connectivity index (χ3v) is 6.71. The molecule has 208 valence electrons. The molecule has 0 fully saturated rings. The van der Waals surface area contributed by atoms with Crippen LogP contribution < -0.4 is 5.43 Å². The van der Waals surface area contributed by atoms with Crippen molar-refractivity contribution in [3.63, 3.8) is 0 Å². The average Bonchev–Trinajstić information content (AvgIpc) is 3.05. The van der Waals surface area contributed by atoms with E-state index in [9.17, 15) is 4.79 Å². The maximum Gasteiger partial charge on any atom is 0.193 e. The molecule has 0 amide bonds. The molecule has 6 heteroatoms. The normalized spacial score (nSPS) is 10.9. The molecular weight excluding hydrogens is 540 g/mol. The zero-order chi connectivity index (χ0) is 29.0. The van der Waals surface area contributed by atoms with Crippen molar-refractivity contribution in [3.05, 3.63) is 156 Å². The van der Waals surface area contributed by atoms with E-state index < -0.39 is 0 Å². The number of hydrogen-bond donors (Lipinski definition) is 0. The van der Waals surface area contributed by atoms with E-state index in [4.69, 9.17) is 22.1 Å². The highest BCUT2D eigenvalue weighted by atomic mass is 16.3. The number of benzene rings is 6. The topological polar surface area (TPSA) is 82.8 Å². The van der Waals surface area contributed by atoms with Crippen LogP contribution in [0, 0.1) is 0 Å². The van der Waals surface area contributed by atoms with Crippen LogP contribution in [0.3, 0.4) is 0 Å². The zero-order valence-corrected chi connectivity index (χ0v) is 22.8. The molecular formula is C37H24O6. The molecule has 16 aromatic rings. The predicted molar refractivity (Wildman–Crippen MR) is 170 cm³/mol. The third kappa shape index (κ3) is 6.19. The van der Waals surface area contributed by atoms with Crippen molar-refractivity contribution in [3.8, 4) is 0 Å². The molecule has 0 aliphatic heterocycles. The number of hydrogen-bond acceptors (Lipinski definition) is 6. The van der Waals surface area contributed by atoms with Crippen molar-refractivity contribution in [1.29, 1.82) is 0 Å². The van der Waals surface area contributed by atoms with Crippen LogP contribution in [0.2, 0.25) is 0 Å². The van der Waals surface area contributed by atoms with Gasteiger partial charge in [-0.05, 0) is 146 Å². The smallest absolute Gasteiger partial charge is 0.193 e. The second kappa shape index (κ2) is 11.5. The Hall–Kier alpha value is -6.01. The largest absolute Gasteiger partial charge is 0.457 e. The van der Waals surface area contributed by atoms with Gasteiger partial charge in [-0.3, -0.25) is 4.79 Å². The SMILES string of the molecule is O=c1c2ccc(cc2)oc2ccc(cc2)oc2ccc(cc2)oc2ccc(cc2)oc2ccc(cc2)oc2ccc1cc2. The molecule has 0 saturated heterocycles. The summed E-state index contributed by atoms with van der Waals surface area (Å²) in [5.41, 5.74) is 6.51. The first-order valence-corrected chi connectivity index (χ1v) is 13.7. The summed E-state index contributed by atoms with van der Waals surface area (Å²) in [6, 6.07) is 43.6. The molecule has 0 atom stereocenters. The van der Waals surface area contributed by atoms with Gasteiger partial charge in [-0.25, -0.2) is 0 Å². The Morgan fingerprint density at radius 2 is 0.372 bits per heavy atom. The van der Waals surface area contributed by atoms with Gasteiger partial charge >= 0.3 is 0 Å². The van der Waals surface area contributed by atoms with Crippen molar-refractivity contribution in [2.24, 2.45) is 0 Å². The molecule has 0 aliphatic rings. The van der Waals surface area contributed by atoms with Crippen LogP contribution in [0.25, 0.3) is 66.6 Å². The Kier molecular flexibility index (Phi) is 6.91. The van der Waals surface area contributed by atoms with Crippen LogP contribution >= 0.6 is 0 Å².